The van der Waals surface area contributed by atoms with Gasteiger partial charge in [0.1, 0.15) is 0 Å². The lowest BCUT2D eigenvalue weighted by Crippen LogP contribution is -2.10. The molecule has 0 saturated carbocycles. The van der Waals surface area contributed by atoms with Crippen LogP contribution in [-0.4, -0.2) is 32.0 Å². The molecule has 9 heteroatoms. The average Bonchev–Trinajstić information content (AvgIpc) is 3.08. The van der Waals surface area contributed by atoms with Crippen LogP contribution in [0.25, 0.3) is 5.69 Å². The number of carbonyl (C=O) groups excluding carboxylic acids is 2. The summed E-state index contributed by atoms with van der Waals surface area (Å²) in [7, 11) is 0. The molecule has 26 heavy (non-hydrogen) atoms. The predicted octanol–water partition coefficient (Wildman–Crippen LogP) is 2.01. The highest BCUT2D eigenvalue weighted by Gasteiger charge is 2.10. The monoisotopic (exact) mass is 368 g/mol. The number of rotatable bonds is 6. The maximum Gasteiger partial charge on any atom is 0.248 e. The third kappa shape index (κ3) is 4.25. The number of nitrogens with zero attached hydrogens (tertiary/aromatic N) is 4. The van der Waals surface area contributed by atoms with Crippen LogP contribution in [-0.2, 0) is 10.5 Å². The molecule has 0 aliphatic heterocycles. The lowest BCUT2D eigenvalue weighted by Gasteiger charge is -2.07. The SMILES string of the molecule is CC(=O)Nc1cccc(-n2nnnc2SCc2ccc(C(N)=O)cc2)c1. The highest BCUT2D eigenvalue weighted by Crippen LogP contribution is 2.23. The fourth-order valence-electron chi connectivity index (χ4n) is 2.26. The molecule has 0 fully saturated rings. The van der Waals surface area contributed by atoms with Crippen LogP contribution in [0.15, 0.2) is 53.7 Å². The van der Waals surface area contributed by atoms with Gasteiger partial charge in [-0.05, 0) is 46.3 Å². The number of benzene rings is 2. The van der Waals surface area contributed by atoms with E-state index in [-0.39, 0.29) is 5.91 Å². The van der Waals surface area contributed by atoms with Gasteiger partial charge in [-0.25, -0.2) is 0 Å². The molecule has 2 amide bonds. The van der Waals surface area contributed by atoms with Crippen molar-refractivity contribution in [2.24, 2.45) is 5.73 Å². The Kier molecular flexibility index (Phi) is 5.28. The van der Waals surface area contributed by atoms with E-state index < -0.39 is 5.91 Å². The minimum absolute atomic E-state index is 0.145. The molecular weight excluding hydrogens is 352 g/mol. The topological polar surface area (TPSA) is 116 Å². The van der Waals surface area contributed by atoms with Crippen molar-refractivity contribution in [1.82, 2.24) is 20.2 Å². The predicted molar refractivity (Wildman–Crippen MR) is 98.0 cm³/mol. The summed E-state index contributed by atoms with van der Waals surface area (Å²) in [5, 5.41) is 15.1. The first-order valence-electron chi connectivity index (χ1n) is 7.71. The summed E-state index contributed by atoms with van der Waals surface area (Å²) in [6.45, 7) is 1.45. The second-order valence-electron chi connectivity index (χ2n) is 5.45. The largest absolute Gasteiger partial charge is 0.366 e. The van der Waals surface area contributed by atoms with Gasteiger partial charge in [0.25, 0.3) is 0 Å². The fraction of sp³-hybridized carbons (Fsp3) is 0.118. The normalized spacial score (nSPS) is 10.5. The van der Waals surface area contributed by atoms with E-state index in [0.717, 1.165) is 11.3 Å². The van der Waals surface area contributed by atoms with Crippen LogP contribution in [0.1, 0.15) is 22.8 Å². The van der Waals surface area contributed by atoms with Gasteiger partial charge in [0, 0.05) is 23.9 Å². The quantitative estimate of drug-likeness (QED) is 0.643. The second-order valence-corrected chi connectivity index (χ2v) is 6.40. The first-order valence-corrected chi connectivity index (χ1v) is 8.69. The zero-order valence-electron chi connectivity index (χ0n) is 13.9. The highest BCUT2D eigenvalue weighted by atomic mass is 32.2. The number of nitrogens with two attached hydrogens (primary N) is 1. The number of hydrogen-bond donors (Lipinski definition) is 2. The van der Waals surface area contributed by atoms with Crippen molar-refractivity contribution in [3.05, 3.63) is 59.7 Å². The molecule has 3 N–H and O–H groups in total. The second kappa shape index (κ2) is 7.79. The summed E-state index contributed by atoms with van der Waals surface area (Å²) in [5.74, 6) is 0.0326. The third-order valence-electron chi connectivity index (χ3n) is 3.46. The molecule has 0 aliphatic carbocycles. The third-order valence-corrected chi connectivity index (χ3v) is 4.45. The molecule has 0 unspecified atom stereocenters. The highest BCUT2D eigenvalue weighted by molar-refractivity contribution is 7.98. The van der Waals surface area contributed by atoms with E-state index in [1.165, 1.54) is 18.7 Å². The number of aromatic nitrogens is 4. The molecule has 0 atom stereocenters. The van der Waals surface area contributed by atoms with Gasteiger partial charge in [-0.15, -0.1) is 5.10 Å². The summed E-state index contributed by atoms with van der Waals surface area (Å²) in [4.78, 5) is 22.3. The van der Waals surface area contributed by atoms with Gasteiger partial charge in [-0.2, -0.15) is 4.68 Å². The van der Waals surface area contributed by atoms with Crippen molar-refractivity contribution in [2.45, 2.75) is 17.8 Å². The van der Waals surface area contributed by atoms with E-state index in [0.29, 0.717) is 22.2 Å². The zero-order valence-corrected chi connectivity index (χ0v) is 14.7. The molecule has 1 aromatic heterocycles. The van der Waals surface area contributed by atoms with Gasteiger partial charge in [0.15, 0.2) is 0 Å². The van der Waals surface area contributed by atoms with Crippen molar-refractivity contribution in [3.63, 3.8) is 0 Å². The molecule has 0 saturated heterocycles. The molecule has 3 rings (SSSR count). The van der Waals surface area contributed by atoms with Gasteiger partial charge in [0.05, 0.1) is 5.69 Å². The Morgan fingerprint density at radius 2 is 1.96 bits per heavy atom. The molecular formula is C17H16N6O2S. The number of thioether (sulfide) groups is 1. The van der Waals surface area contributed by atoms with Crippen LogP contribution < -0.4 is 11.1 Å². The van der Waals surface area contributed by atoms with Gasteiger partial charge in [0.2, 0.25) is 17.0 Å². The maximum atomic E-state index is 11.2. The van der Waals surface area contributed by atoms with Crippen molar-refractivity contribution in [1.29, 1.82) is 0 Å². The van der Waals surface area contributed by atoms with E-state index in [9.17, 15) is 9.59 Å². The van der Waals surface area contributed by atoms with Crippen molar-refractivity contribution < 1.29 is 9.59 Å². The van der Waals surface area contributed by atoms with Gasteiger partial charge >= 0.3 is 0 Å². The number of hydrogen-bond acceptors (Lipinski definition) is 6. The minimum Gasteiger partial charge on any atom is -0.366 e. The Morgan fingerprint density at radius 1 is 1.19 bits per heavy atom. The summed E-state index contributed by atoms with van der Waals surface area (Å²) in [6.07, 6.45) is 0. The summed E-state index contributed by atoms with van der Waals surface area (Å²) in [5.41, 5.74) is 8.14. The van der Waals surface area contributed by atoms with E-state index in [1.54, 1.807) is 28.9 Å². The van der Waals surface area contributed by atoms with Crippen LogP contribution in [0, 0.1) is 0 Å². The van der Waals surface area contributed by atoms with E-state index >= 15 is 0 Å². The minimum atomic E-state index is -0.452. The Balaban J connectivity index is 1.74. The number of tetrazole rings is 1. The number of anilines is 1. The molecule has 1 heterocycles. The maximum absolute atomic E-state index is 11.2. The summed E-state index contributed by atoms with van der Waals surface area (Å²) < 4.78 is 1.60. The van der Waals surface area contributed by atoms with Gasteiger partial charge < -0.3 is 11.1 Å². The number of nitrogens with one attached hydrogen (secondary N) is 1. The standard InChI is InChI=1S/C17H16N6O2S/c1-11(24)19-14-3-2-4-15(9-14)23-17(20-21-22-23)26-10-12-5-7-13(8-6-12)16(18)25/h2-9H,10H2,1H3,(H2,18,25)(H,19,24). The first kappa shape index (κ1) is 17.6. The summed E-state index contributed by atoms with van der Waals surface area (Å²) >= 11 is 1.46. The lowest BCUT2D eigenvalue weighted by molar-refractivity contribution is -0.114. The van der Waals surface area contributed by atoms with E-state index in [2.05, 4.69) is 20.8 Å². The molecule has 0 radical (unpaired) electrons. The average molecular weight is 368 g/mol. The van der Waals surface area contributed by atoms with Crippen LogP contribution in [0.2, 0.25) is 0 Å². The van der Waals surface area contributed by atoms with Crippen LogP contribution in [0.4, 0.5) is 5.69 Å². The Labute approximate surface area is 153 Å². The Hall–Kier alpha value is -3.20. The Morgan fingerprint density at radius 3 is 2.65 bits per heavy atom. The fourth-order valence-corrected chi connectivity index (χ4v) is 3.11. The van der Waals surface area contributed by atoms with Crippen LogP contribution >= 0.6 is 11.8 Å². The number of primary amides is 1. The van der Waals surface area contributed by atoms with E-state index in [1.807, 2.05) is 24.3 Å². The molecule has 0 spiro atoms. The number of carbonyl (C=O) groups is 2. The molecule has 8 nitrogen and oxygen atoms in total. The van der Waals surface area contributed by atoms with Crippen molar-refractivity contribution in [2.75, 3.05) is 5.32 Å². The summed E-state index contributed by atoms with van der Waals surface area (Å²) in [6, 6.07) is 14.3. The first-order chi connectivity index (χ1) is 12.5. The van der Waals surface area contributed by atoms with Gasteiger partial charge in [-0.1, -0.05) is 30.0 Å². The van der Waals surface area contributed by atoms with E-state index in [4.69, 9.17) is 5.73 Å². The lowest BCUT2D eigenvalue weighted by atomic mass is 10.1. The molecule has 0 bridgehead atoms. The van der Waals surface area contributed by atoms with Gasteiger partial charge in [-0.3, -0.25) is 9.59 Å². The smallest absolute Gasteiger partial charge is 0.248 e. The number of amides is 2. The zero-order chi connectivity index (χ0) is 18.5. The molecule has 3 aromatic rings. The van der Waals surface area contributed by atoms with Crippen molar-refractivity contribution in [3.8, 4) is 5.69 Å². The molecule has 0 aliphatic rings. The van der Waals surface area contributed by atoms with Crippen LogP contribution in [0.5, 0.6) is 0 Å². The van der Waals surface area contributed by atoms with Crippen LogP contribution in [0.3, 0.4) is 0 Å². The molecule has 2 aromatic carbocycles. The molecule has 132 valence electrons. The van der Waals surface area contributed by atoms with Crippen molar-refractivity contribution >= 4 is 29.3 Å². The Bertz CT molecular complexity index is 938.